The predicted octanol–water partition coefficient (Wildman–Crippen LogP) is 4.17. The van der Waals surface area contributed by atoms with Crippen LogP contribution in [-0.2, 0) is 19.6 Å². The second-order valence-corrected chi connectivity index (χ2v) is 13.0. The van der Waals surface area contributed by atoms with Gasteiger partial charge >= 0.3 is 0 Å². The molecule has 1 saturated carbocycles. The van der Waals surface area contributed by atoms with E-state index >= 15 is 0 Å². The summed E-state index contributed by atoms with van der Waals surface area (Å²) >= 11 is 6.55. The van der Waals surface area contributed by atoms with Crippen molar-refractivity contribution in [3.05, 3.63) is 23.2 Å². The first-order valence-corrected chi connectivity index (χ1v) is 13.2. The number of hydrogen-bond acceptors (Lipinski definition) is 5. The van der Waals surface area contributed by atoms with Gasteiger partial charge in [-0.05, 0) is 78.5 Å². The molecular formula is C23H36ClN3O4S. The second kappa shape index (κ2) is 9.87. The minimum absolute atomic E-state index is 0.0421. The van der Waals surface area contributed by atoms with Crippen LogP contribution >= 0.6 is 11.6 Å². The second-order valence-electron chi connectivity index (χ2n) is 10.1. The molecule has 32 heavy (non-hydrogen) atoms. The average Bonchev–Trinajstić information content (AvgIpc) is 2.66. The highest BCUT2D eigenvalue weighted by atomic mass is 35.5. The Balaban J connectivity index is 1.55. The van der Waals surface area contributed by atoms with E-state index in [1.165, 1.54) is 0 Å². The third-order valence-electron chi connectivity index (χ3n) is 6.20. The summed E-state index contributed by atoms with van der Waals surface area (Å²) in [6, 6.07) is 5.51. The van der Waals surface area contributed by atoms with Crippen molar-refractivity contribution in [2.24, 2.45) is 5.92 Å². The van der Waals surface area contributed by atoms with Crippen molar-refractivity contribution < 1.29 is 17.9 Å². The zero-order valence-corrected chi connectivity index (χ0v) is 21.2. The molecule has 1 aromatic carbocycles. The zero-order chi connectivity index (χ0) is 23.7. The molecule has 2 aliphatic rings. The van der Waals surface area contributed by atoms with Gasteiger partial charge in [-0.2, -0.15) is 0 Å². The summed E-state index contributed by atoms with van der Waals surface area (Å²) < 4.78 is 32.5. The molecule has 0 radical (unpaired) electrons. The highest BCUT2D eigenvalue weighted by Crippen LogP contribution is 2.32. The summed E-state index contributed by atoms with van der Waals surface area (Å²) in [5, 5.41) is 3.58. The molecule has 2 fully saturated rings. The van der Waals surface area contributed by atoms with E-state index < -0.39 is 14.8 Å². The number of amides is 1. The first-order chi connectivity index (χ1) is 14.9. The number of hydrogen-bond donors (Lipinski definition) is 2. The zero-order valence-electron chi connectivity index (χ0n) is 19.7. The Morgan fingerprint density at radius 1 is 1.09 bits per heavy atom. The van der Waals surface area contributed by atoms with Crippen molar-refractivity contribution in [3.8, 4) is 0 Å². The van der Waals surface area contributed by atoms with Crippen LogP contribution in [0.25, 0.3) is 0 Å². The Hall–Kier alpha value is -1.35. The molecule has 0 bridgehead atoms. The van der Waals surface area contributed by atoms with E-state index in [0.717, 1.165) is 18.8 Å². The van der Waals surface area contributed by atoms with Gasteiger partial charge in [-0.25, -0.2) is 13.1 Å². The van der Waals surface area contributed by atoms with Gasteiger partial charge in [0.15, 0.2) is 0 Å². The maximum atomic E-state index is 12.8. The van der Waals surface area contributed by atoms with Gasteiger partial charge in [0.05, 0.1) is 27.7 Å². The van der Waals surface area contributed by atoms with Gasteiger partial charge in [0.2, 0.25) is 15.9 Å². The average molecular weight is 486 g/mol. The minimum atomic E-state index is -3.39. The fraction of sp³-hybridized carbons (Fsp3) is 0.696. The largest absolute Gasteiger partial charge is 0.372 e. The predicted molar refractivity (Wildman–Crippen MR) is 130 cm³/mol. The summed E-state index contributed by atoms with van der Waals surface area (Å²) in [6.45, 7) is 10.7. The summed E-state index contributed by atoms with van der Waals surface area (Å²) in [5.74, 6) is -0.177. The SMILES string of the molecule is CC1CN(c2ccc(NC(=O)C3CCC(NS(=O)(=O)C(C)(C)C)CC3)cc2Cl)C[C@@H](C)O1. The van der Waals surface area contributed by atoms with Crippen LogP contribution in [0.4, 0.5) is 11.4 Å². The van der Waals surface area contributed by atoms with Crippen LogP contribution in [0.15, 0.2) is 18.2 Å². The molecule has 1 saturated heterocycles. The molecule has 0 spiro atoms. The van der Waals surface area contributed by atoms with Crippen LogP contribution in [0.2, 0.25) is 5.02 Å². The van der Waals surface area contributed by atoms with Gasteiger partial charge in [-0.3, -0.25) is 4.79 Å². The molecule has 9 heteroatoms. The number of nitrogens with one attached hydrogen (secondary N) is 2. The molecule has 180 valence electrons. The van der Waals surface area contributed by atoms with Crippen LogP contribution in [0.3, 0.4) is 0 Å². The van der Waals surface area contributed by atoms with Gasteiger partial charge in [-0.1, -0.05) is 11.6 Å². The Bertz CT molecular complexity index is 914. The van der Waals surface area contributed by atoms with E-state index in [2.05, 4.69) is 14.9 Å². The van der Waals surface area contributed by atoms with Gasteiger partial charge < -0.3 is 15.0 Å². The number of carbonyl (C=O) groups is 1. The molecule has 2 N–H and O–H groups in total. The smallest absolute Gasteiger partial charge is 0.227 e. The standard InChI is InChI=1S/C23H36ClN3O4S/c1-15-13-27(14-16(2)31-15)21-11-10-19(12-20(21)24)25-22(28)17-6-8-18(9-7-17)26-32(29,30)23(3,4)5/h10-12,15-18,26H,6-9,13-14H2,1-5H3,(H,25,28)/t15-,16?,17?,18?/m1/s1. The number of rotatable bonds is 5. The Labute approximate surface area is 197 Å². The van der Waals surface area contributed by atoms with Crippen molar-refractivity contribution in [1.82, 2.24) is 4.72 Å². The molecule has 7 nitrogen and oxygen atoms in total. The van der Waals surface area contributed by atoms with Crippen LogP contribution in [0.1, 0.15) is 60.3 Å². The first kappa shape index (κ1) is 25.3. The normalized spacial score (nSPS) is 27.2. The van der Waals surface area contributed by atoms with Gasteiger partial charge in [0.1, 0.15) is 0 Å². The van der Waals surface area contributed by atoms with Gasteiger partial charge in [-0.15, -0.1) is 0 Å². The lowest BCUT2D eigenvalue weighted by Crippen LogP contribution is -2.46. The lowest BCUT2D eigenvalue weighted by Gasteiger charge is -2.37. The van der Waals surface area contributed by atoms with E-state index in [1.807, 2.05) is 26.0 Å². The molecule has 1 aromatic rings. The topological polar surface area (TPSA) is 87.7 Å². The quantitative estimate of drug-likeness (QED) is 0.653. The van der Waals surface area contributed by atoms with E-state index in [4.69, 9.17) is 16.3 Å². The Morgan fingerprint density at radius 3 is 2.22 bits per heavy atom. The van der Waals surface area contributed by atoms with Crippen LogP contribution < -0.4 is 14.9 Å². The summed E-state index contributed by atoms with van der Waals surface area (Å²) in [7, 11) is -3.39. The molecule has 1 amide bonds. The van der Waals surface area contributed by atoms with E-state index in [0.29, 0.717) is 36.4 Å². The number of anilines is 2. The van der Waals surface area contributed by atoms with E-state index in [9.17, 15) is 13.2 Å². The lowest BCUT2D eigenvalue weighted by molar-refractivity contribution is -0.120. The van der Waals surface area contributed by atoms with Crippen molar-refractivity contribution in [2.45, 2.75) is 83.3 Å². The molecule has 0 aromatic heterocycles. The number of carbonyl (C=O) groups excluding carboxylic acids is 1. The monoisotopic (exact) mass is 485 g/mol. The van der Waals surface area contributed by atoms with Crippen molar-refractivity contribution >= 4 is 38.9 Å². The summed E-state index contributed by atoms with van der Waals surface area (Å²) in [6.07, 6.45) is 2.88. The number of halogens is 1. The summed E-state index contributed by atoms with van der Waals surface area (Å²) in [4.78, 5) is 15.0. The summed E-state index contributed by atoms with van der Waals surface area (Å²) in [5.41, 5.74) is 1.62. The molecule has 2 atom stereocenters. The molecule has 1 aliphatic carbocycles. The van der Waals surface area contributed by atoms with Gasteiger partial charge in [0.25, 0.3) is 0 Å². The van der Waals surface area contributed by atoms with Crippen molar-refractivity contribution in [3.63, 3.8) is 0 Å². The van der Waals surface area contributed by atoms with E-state index in [1.54, 1.807) is 26.8 Å². The maximum absolute atomic E-state index is 12.8. The number of nitrogens with zero attached hydrogens (tertiary/aromatic N) is 1. The fourth-order valence-electron chi connectivity index (χ4n) is 4.33. The Morgan fingerprint density at radius 2 is 1.69 bits per heavy atom. The van der Waals surface area contributed by atoms with Crippen LogP contribution in [0.5, 0.6) is 0 Å². The van der Waals surface area contributed by atoms with E-state index in [-0.39, 0.29) is 30.1 Å². The molecule has 3 rings (SSSR count). The third kappa shape index (κ3) is 6.16. The highest BCUT2D eigenvalue weighted by molar-refractivity contribution is 7.90. The molecule has 1 unspecified atom stereocenters. The number of morpholine rings is 1. The van der Waals surface area contributed by atoms with Crippen LogP contribution in [0, 0.1) is 5.92 Å². The fourth-order valence-corrected chi connectivity index (χ4v) is 5.66. The number of benzene rings is 1. The third-order valence-corrected chi connectivity index (χ3v) is 8.76. The number of ether oxygens (including phenoxy) is 1. The molecule has 1 heterocycles. The molecule has 1 aliphatic heterocycles. The first-order valence-electron chi connectivity index (χ1n) is 11.4. The van der Waals surface area contributed by atoms with Crippen molar-refractivity contribution in [2.75, 3.05) is 23.3 Å². The maximum Gasteiger partial charge on any atom is 0.227 e. The van der Waals surface area contributed by atoms with Gasteiger partial charge in [0, 0.05) is 30.7 Å². The molecular weight excluding hydrogens is 450 g/mol. The lowest BCUT2D eigenvalue weighted by atomic mass is 9.86. The number of sulfonamides is 1. The highest BCUT2D eigenvalue weighted by Gasteiger charge is 2.34. The van der Waals surface area contributed by atoms with Crippen LogP contribution in [-0.4, -0.2) is 50.4 Å². The van der Waals surface area contributed by atoms with Crippen molar-refractivity contribution in [1.29, 1.82) is 0 Å². The Kier molecular flexibility index (Phi) is 7.80. The minimum Gasteiger partial charge on any atom is -0.372 e.